The van der Waals surface area contributed by atoms with Gasteiger partial charge < -0.3 is 10.6 Å². The fourth-order valence-corrected chi connectivity index (χ4v) is 3.61. The van der Waals surface area contributed by atoms with Crippen molar-refractivity contribution in [3.63, 3.8) is 0 Å². The highest BCUT2D eigenvalue weighted by molar-refractivity contribution is 7.98. The van der Waals surface area contributed by atoms with Crippen LogP contribution in [0.4, 0.5) is 14.9 Å². The minimum atomic E-state index is -0.646. The highest BCUT2D eigenvalue weighted by Crippen LogP contribution is 2.32. The van der Waals surface area contributed by atoms with Crippen LogP contribution in [-0.4, -0.2) is 19.1 Å². The van der Waals surface area contributed by atoms with Gasteiger partial charge in [0.1, 0.15) is 5.82 Å². The third-order valence-corrected chi connectivity index (χ3v) is 5.09. The van der Waals surface area contributed by atoms with E-state index >= 15 is 0 Å². The van der Waals surface area contributed by atoms with Gasteiger partial charge in [0.2, 0.25) is 0 Å². The molecule has 126 valence electrons. The van der Waals surface area contributed by atoms with Gasteiger partial charge in [-0.2, -0.15) is 0 Å². The normalized spacial score (nSPS) is 15.3. The van der Waals surface area contributed by atoms with Crippen molar-refractivity contribution in [2.24, 2.45) is 5.73 Å². The van der Waals surface area contributed by atoms with E-state index in [1.54, 1.807) is 12.1 Å². The van der Waals surface area contributed by atoms with E-state index in [1.165, 1.54) is 11.6 Å². The molecule has 0 radical (unpaired) electrons. The zero-order valence-corrected chi connectivity index (χ0v) is 14.1. The zero-order chi connectivity index (χ0) is 16.9. The molecule has 1 saturated heterocycles. The van der Waals surface area contributed by atoms with Crippen LogP contribution < -0.4 is 15.4 Å². The van der Waals surface area contributed by atoms with Crippen LogP contribution in [0, 0.1) is 5.82 Å². The van der Waals surface area contributed by atoms with Crippen molar-refractivity contribution in [2.75, 3.05) is 18.0 Å². The van der Waals surface area contributed by atoms with Gasteiger partial charge in [-0.05, 0) is 54.5 Å². The Kier molecular flexibility index (Phi) is 5.25. The summed E-state index contributed by atoms with van der Waals surface area (Å²) < 4.78 is 16.8. The fourth-order valence-electron chi connectivity index (χ4n) is 3.10. The van der Waals surface area contributed by atoms with Gasteiger partial charge in [0.15, 0.2) is 0 Å². The van der Waals surface area contributed by atoms with Gasteiger partial charge in [-0.3, -0.25) is 4.72 Å². The monoisotopic (exact) mass is 345 g/mol. The predicted octanol–water partition coefficient (Wildman–Crippen LogP) is 3.89. The molecule has 0 bridgehead atoms. The largest absolute Gasteiger partial charge is 0.369 e. The smallest absolute Gasteiger partial charge is 0.322 e. The number of carbonyl (C=O) groups excluding carboxylic acids is 1. The number of piperidine rings is 1. The van der Waals surface area contributed by atoms with Crippen LogP contribution in [0.15, 0.2) is 53.4 Å². The van der Waals surface area contributed by atoms with E-state index in [1.807, 2.05) is 6.07 Å². The molecule has 2 aromatic rings. The van der Waals surface area contributed by atoms with E-state index in [0.717, 1.165) is 37.9 Å². The summed E-state index contributed by atoms with van der Waals surface area (Å²) in [4.78, 5) is 13.4. The Bertz CT molecular complexity index is 703. The number of urea groups is 1. The molecule has 1 aliphatic rings. The molecule has 1 heterocycles. The lowest BCUT2D eigenvalue weighted by Gasteiger charge is -2.34. The summed E-state index contributed by atoms with van der Waals surface area (Å²) in [5.74, 6) is 0.268. The van der Waals surface area contributed by atoms with Gasteiger partial charge in [-0.25, -0.2) is 9.18 Å². The second-order valence-corrected chi connectivity index (χ2v) is 6.73. The van der Waals surface area contributed by atoms with Gasteiger partial charge in [0, 0.05) is 18.0 Å². The second kappa shape index (κ2) is 7.57. The molecule has 3 rings (SSSR count). The lowest BCUT2D eigenvalue weighted by atomic mass is 9.89. The number of nitrogens with zero attached hydrogens (tertiary/aromatic N) is 1. The Morgan fingerprint density at radius 1 is 1.17 bits per heavy atom. The van der Waals surface area contributed by atoms with Gasteiger partial charge in [0.25, 0.3) is 0 Å². The maximum absolute atomic E-state index is 14.4. The molecule has 0 aliphatic carbocycles. The number of nitrogens with two attached hydrogens (primary N) is 1. The highest BCUT2D eigenvalue weighted by Gasteiger charge is 2.22. The minimum Gasteiger partial charge on any atom is -0.369 e. The van der Waals surface area contributed by atoms with Gasteiger partial charge in [0.05, 0.1) is 5.69 Å². The Hall–Kier alpha value is -2.21. The Labute approximate surface area is 145 Å². The number of amides is 2. The van der Waals surface area contributed by atoms with Crippen molar-refractivity contribution >= 4 is 23.7 Å². The third-order valence-electron chi connectivity index (χ3n) is 4.30. The second-order valence-electron chi connectivity index (χ2n) is 5.85. The number of halogens is 1. The first-order valence-electron chi connectivity index (χ1n) is 7.95. The number of rotatable bonds is 4. The van der Waals surface area contributed by atoms with Gasteiger partial charge in [-0.1, -0.05) is 30.3 Å². The van der Waals surface area contributed by atoms with E-state index in [4.69, 9.17) is 5.73 Å². The third kappa shape index (κ3) is 4.00. The maximum Gasteiger partial charge on any atom is 0.322 e. The van der Waals surface area contributed by atoms with Crippen molar-refractivity contribution in [3.05, 3.63) is 59.9 Å². The number of benzene rings is 2. The molecule has 24 heavy (non-hydrogen) atoms. The first-order chi connectivity index (χ1) is 11.6. The number of anilines is 1. The lowest BCUT2D eigenvalue weighted by Crippen LogP contribution is -2.33. The van der Waals surface area contributed by atoms with E-state index in [-0.39, 0.29) is 5.82 Å². The molecule has 1 aliphatic heterocycles. The quantitative estimate of drug-likeness (QED) is 0.827. The lowest BCUT2D eigenvalue weighted by molar-refractivity contribution is 0.254. The molecule has 2 aromatic carbocycles. The average Bonchev–Trinajstić information content (AvgIpc) is 2.61. The van der Waals surface area contributed by atoms with Crippen LogP contribution in [0.5, 0.6) is 0 Å². The summed E-state index contributed by atoms with van der Waals surface area (Å²) >= 11 is 1.01. The van der Waals surface area contributed by atoms with Crippen LogP contribution in [0.2, 0.25) is 0 Å². The van der Waals surface area contributed by atoms with Crippen molar-refractivity contribution in [1.82, 2.24) is 4.72 Å². The molecule has 0 atom stereocenters. The van der Waals surface area contributed by atoms with Crippen molar-refractivity contribution in [2.45, 2.75) is 23.7 Å². The molecule has 0 saturated carbocycles. The van der Waals surface area contributed by atoms with E-state index in [0.29, 0.717) is 16.5 Å². The standard InChI is InChI=1S/C18H20FN3OS/c19-16-12-15(24-21-18(20)23)6-7-17(16)22-10-8-14(9-11-22)13-4-2-1-3-5-13/h1-7,12,14H,8-11H2,(H3,20,21,23). The topological polar surface area (TPSA) is 58.4 Å². The van der Waals surface area contributed by atoms with Crippen molar-refractivity contribution < 1.29 is 9.18 Å². The van der Waals surface area contributed by atoms with E-state index in [9.17, 15) is 9.18 Å². The Balaban J connectivity index is 1.63. The predicted molar refractivity (Wildman–Crippen MR) is 95.6 cm³/mol. The van der Waals surface area contributed by atoms with Crippen LogP contribution >= 0.6 is 11.9 Å². The number of nitrogens with one attached hydrogen (secondary N) is 1. The van der Waals surface area contributed by atoms with Crippen LogP contribution in [0.1, 0.15) is 24.3 Å². The SMILES string of the molecule is NC(=O)NSc1ccc(N2CCC(c3ccccc3)CC2)c(F)c1. The highest BCUT2D eigenvalue weighted by atomic mass is 32.2. The zero-order valence-electron chi connectivity index (χ0n) is 13.2. The van der Waals surface area contributed by atoms with E-state index < -0.39 is 6.03 Å². The Morgan fingerprint density at radius 2 is 1.88 bits per heavy atom. The molecule has 3 N–H and O–H groups in total. The number of hydrogen-bond acceptors (Lipinski definition) is 3. The summed E-state index contributed by atoms with van der Waals surface area (Å²) in [6.07, 6.45) is 2.03. The van der Waals surface area contributed by atoms with Crippen LogP contribution in [-0.2, 0) is 0 Å². The summed E-state index contributed by atoms with van der Waals surface area (Å²) in [6.45, 7) is 1.67. The summed E-state index contributed by atoms with van der Waals surface area (Å²) in [5.41, 5.74) is 6.99. The average molecular weight is 345 g/mol. The van der Waals surface area contributed by atoms with Crippen LogP contribution in [0.25, 0.3) is 0 Å². The van der Waals surface area contributed by atoms with Crippen molar-refractivity contribution in [3.8, 4) is 0 Å². The molecular formula is C18H20FN3OS. The molecule has 0 spiro atoms. The summed E-state index contributed by atoms with van der Waals surface area (Å²) in [6, 6.07) is 14.8. The molecule has 0 unspecified atom stereocenters. The molecular weight excluding hydrogens is 325 g/mol. The fraction of sp³-hybridized carbons (Fsp3) is 0.278. The van der Waals surface area contributed by atoms with Crippen molar-refractivity contribution in [1.29, 1.82) is 0 Å². The van der Waals surface area contributed by atoms with E-state index in [2.05, 4.69) is 33.9 Å². The molecule has 2 amide bonds. The number of primary amides is 1. The minimum absolute atomic E-state index is 0.274. The van der Waals surface area contributed by atoms with Gasteiger partial charge >= 0.3 is 6.03 Å². The first-order valence-corrected chi connectivity index (χ1v) is 8.77. The van der Waals surface area contributed by atoms with Gasteiger partial charge in [-0.15, -0.1) is 0 Å². The maximum atomic E-state index is 14.4. The number of carbonyl (C=O) groups is 1. The van der Waals surface area contributed by atoms with Crippen LogP contribution in [0.3, 0.4) is 0 Å². The molecule has 4 nitrogen and oxygen atoms in total. The Morgan fingerprint density at radius 3 is 2.50 bits per heavy atom. The molecule has 1 fully saturated rings. The summed E-state index contributed by atoms with van der Waals surface area (Å²) in [5, 5.41) is 0. The first kappa shape index (κ1) is 16.6. The number of hydrogen-bond donors (Lipinski definition) is 2. The molecule has 0 aromatic heterocycles. The summed E-state index contributed by atoms with van der Waals surface area (Å²) in [7, 11) is 0. The molecule has 6 heteroatoms.